The summed E-state index contributed by atoms with van der Waals surface area (Å²) in [4.78, 5) is 26.1. The molecule has 0 radical (unpaired) electrons. The van der Waals surface area contributed by atoms with Crippen LogP contribution in [0.3, 0.4) is 0 Å². The van der Waals surface area contributed by atoms with Crippen LogP contribution in [0.5, 0.6) is 0 Å². The van der Waals surface area contributed by atoms with Crippen LogP contribution in [-0.4, -0.2) is 20.4 Å². The predicted octanol–water partition coefficient (Wildman–Crippen LogP) is 2.59. The number of benzene rings is 1. The van der Waals surface area contributed by atoms with Gasteiger partial charge < -0.3 is 15.4 Å². The van der Waals surface area contributed by atoms with Gasteiger partial charge in [-0.15, -0.1) is 0 Å². The summed E-state index contributed by atoms with van der Waals surface area (Å²) in [5.41, 5.74) is 3.31. The first kappa shape index (κ1) is 16.7. The lowest BCUT2D eigenvalue weighted by Crippen LogP contribution is -2.30. The molecule has 0 aliphatic carbocycles. The van der Waals surface area contributed by atoms with Gasteiger partial charge in [0, 0.05) is 6.92 Å². The van der Waals surface area contributed by atoms with E-state index in [1.54, 1.807) is 6.92 Å². The second-order valence-electron chi connectivity index (χ2n) is 5.74. The van der Waals surface area contributed by atoms with E-state index in [-0.39, 0.29) is 24.3 Å². The monoisotopic (exact) mass is 316 g/mol. The molecule has 1 amide bonds. The van der Waals surface area contributed by atoms with E-state index < -0.39 is 4.92 Å². The fourth-order valence-corrected chi connectivity index (χ4v) is 2.52. The van der Waals surface area contributed by atoms with Crippen molar-refractivity contribution in [3.8, 4) is 0 Å². The highest BCUT2D eigenvalue weighted by Gasteiger charge is 2.18. The predicted molar refractivity (Wildman–Crippen MR) is 86.1 cm³/mol. The maximum absolute atomic E-state index is 12.2. The average Bonchev–Trinajstić information content (AvgIpc) is 2.79. The zero-order valence-corrected chi connectivity index (χ0v) is 13.7. The van der Waals surface area contributed by atoms with E-state index in [2.05, 4.69) is 16.4 Å². The number of aromatic nitrogens is 2. The first-order valence-corrected chi connectivity index (χ1v) is 7.32. The van der Waals surface area contributed by atoms with E-state index in [9.17, 15) is 14.9 Å². The van der Waals surface area contributed by atoms with Gasteiger partial charge in [0.25, 0.3) is 0 Å². The molecule has 23 heavy (non-hydrogen) atoms. The molecule has 0 saturated carbocycles. The van der Waals surface area contributed by atoms with Gasteiger partial charge in [-0.3, -0.25) is 9.36 Å². The molecular formula is C16H20N4O3. The Morgan fingerprint density at radius 3 is 2.43 bits per heavy atom. The molecule has 7 heteroatoms. The summed E-state index contributed by atoms with van der Waals surface area (Å²) in [6, 6.07) is 6.00. The third-order valence-corrected chi connectivity index (χ3v) is 3.59. The lowest BCUT2D eigenvalue weighted by atomic mass is 10.0. The summed E-state index contributed by atoms with van der Waals surface area (Å²) >= 11 is 0. The van der Waals surface area contributed by atoms with Gasteiger partial charge in [-0.2, -0.15) is 0 Å². The molecule has 122 valence electrons. The van der Waals surface area contributed by atoms with Crippen LogP contribution in [-0.2, 0) is 11.3 Å². The molecule has 1 aromatic carbocycles. The first-order chi connectivity index (χ1) is 10.8. The van der Waals surface area contributed by atoms with E-state index in [4.69, 9.17) is 0 Å². The van der Waals surface area contributed by atoms with E-state index in [1.165, 1.54) is 10.8 Å². The molecule has 2 aromatic rings. The number of nitrogens with one attached hydrogen (secondary N) is 1. The van der Waals surface area contributed by atoms with Gasteiger partial charge in [0.05, 0.1) is 6.04 Å². The molecule has 0 unspecified atom stereocenters. The van der Waals surface area contributed by atoms with Crippen molar-refractivity contribution in [1.29, 1.82) is 0 Å². The highest BCUT2D eigenvalue weighted by Crippen LogP contribution is 2.17. The topological polar surface area (TPSA) is 90.1 Å². The number of imidazole rings is 1. The van der Waals surface area contributed by atoms with Crippen LogP contribution < -0.4 is 5.32 Å². The van der Waals surface area contributed by atoms with Crippen molar-refractivity contribution in [3.63, 3.8) is 0 Å². The van der Waals surface area contributed by atoms with Crippen LogP contribution in [0.2, 0.25) is 0 Å². The number of aryl methyl sites for hydroxylation is 3. The van der Waals surface area contributed by atoms with Crippen LogP contribution in [0.1, 0.15) is 35.5 Å². The molecule has 0 bridgehead atoms. The molecule has 0 aliphatic heterocycles. The van der Waals surface area contributed by atoms with Gasteiger partial charge in [-0.1, -0.05) is 29.3 Å². The highest BCUT2D eigenvalue weighted by atomic mass is 16.6. The lowest BCUT2D eigenvalue weighted by molar-refractivity contribution is -0.389. The standard InChI is InChI=1S/C16H20N4O3/c1-10-5-11(2)7-14(6-10)12(3)17-16(21)9-19-8-15(20(22)23)18-13(19)4/h5-8,12H,9H2,1-4H3,(H,17,21)/t12-/m1/s1. The molecule has 0 saturated heterocycles. The average molecular weight is 316 g/mol. The molecule has 1 atom stereocenters. The maximum Gasteiger partial charge on any atom is 0.381 e. The Bertz CT molecular complexity index is 732. The van der Waals surface area contributed by atoms with Crippen molar-refractivity contribution in [3.05, 3.63) is 57.0 Å². The summed E-state index contributed by atoms with van der Waals surface area (Å²) in [7, 11) is 0. The third kappa shape index (κ3) is 4.15. The number of nitro groups is 1. The molecule has 2 rings (SSSR count). The number of carbonyl (C=O) groups is 1. The summed E-state index contributed by atoms with van der Waals surface area (Å²) < 4.78 is 1.47. The minimum Gasteiger partial charge on any atom is -0.358 e. The van der Waals surface area contributed by atoms with Crippen molar-refractivity contribution in [2.45, 2.75) is 40.3 Å². The zero-order chi connectivity index (χ0) is 17.1. The van der Waals surface area contributed by atoms with Gasteiger partial charge in [-0.05, 0) is 36.2 Å². The van der Waals surface area contributed by atoms with Crippen molar-refractivity contribution in [2.75, 3.05) is 0 Å². The van der Waals surface area contributed by atoms with E-state index in [0.717, 1.165) is 16.7 Å². The Morgan fingerprint density at radius 2 is 1.91 bits per heavy atom. The molecule has 7 nitrogen and oxygen atoms in total. The first-order valence-electron chi connectivity index (χ1n) is 7.32. The van der Waals surface area contributed by atoms with Crippen molar-refractivity contribution in [1.82, 2.24) is 14.9 Å². The zero-order valence-electron chi connectivity index (χ0n) is 13.7. The number of amides is 1. The van der Waals surface area contributed by atoms with Gasteiger partial charge in [-0.25, -0.2) is 0 Å². The fraction of sp³-hybridized carbons (Fsp3) is 0.375. The van der Waals surface area contributed by atoms with Crippen LogP contribution in [0.15, 0.2) is 24.4 Å². The van der Waals surface area contributed by atoms with E-state index >= 15 is 0 Å². The van der Waals surface area contributed by atoms with Crippen molar-refractivity contribution < 1.29 is 9.72 Å². The Labute approximate surface area is 134 Å². The smallest absolute Gasteiger partial charge is 0.358 e. The molecule has 0 aliphatic rings. The van der Waals surface area contributed by atoms with E-state index in [1.807, 2.05) is 32.9 Å². The second-order valence-corrected chi connectivity index (χ2v) is 5.74. The Kier molecular flexibility index (Phi) is 4.78. The van der Waals surface area contributed by atoms with Crippen LogP contribution in [0, 0.1) is 30.9 Å². The van der Waals surface area contributed by atoms with Crippen molar-refractivity contribution in [2.24, 2.45) is 0 Å². The van der Waals surface area contributed by atoms with Gasteiger partial charge in [0.1, 0.15) is 12.7 Å². The molecule has 1 heterocycles. The summed E-state index contributed by atoms with van der Waals surface area (Å²) in [6.45, 7) is 7.57. The normalized spacial score (nSPS) is 12.0. The number of nitrogens with zero attached hydrogens (tertiary/aromatic N) is 3. The minimum absolute atomic E-state index is 0.00180. The van der Waals surface area contributed by atoms with Crippen LogP contribution in [0.4, 0.5) is 5.82 Å². The Morgan fingerprint density at radius 1 is 1.30 bits per heavy atom. The Hall–Kier alpha value is -2.70. The molecule has 1 N–H and O–H groups in total. The second kappa shape index (κ2) is 6.60. The highest BCUT2D eigenvalue weighted by molar-refractivity contribution is 5.76. The number of rotatable bonds is 5. The third-order valence-electron chi connectivity index (χ3n) is 3.59. The summed E-state index contributed by atoms with van der Waals surface area (Å²) in [5, 5.41) is 13.6. The Balaban J connectivity index is 2.05. The van der Waals surface area contributed by atoms with Crippen molar-refractivity contribution >= 4 is 11.7 Å². The number of carbonyl (C=O) groups excluding carboxylic acids is 1. The molecule has 0 spiro atoms. The molecule has 0 fully saturated rings. The SMILES string of the molecule is Cc1cc(C)cc([C@@H](C)NC(=O)Cn2cc([N+](=O)[O-])nc2C)c1. The fourth-order valence-electron chi connectivity index (χ4n) is 2.52. The number of hydrogen-bond acceptors (Lipinski definition) is 4. The van der Waals surface area contributed by atoms with Gasteiger partial charge >= 0.3 is 5.82 Å². The molecule has 1 aromatic heterocycles. The molecular weight excluding hydrogens is 296 g/mol. The van der Waals surface area contributed by atoms with Gasteiger partial charge in [0.2, 0.25) is 11.7 Å². The quantitative estimate of drug-likeness (QED) is 0.678. The van der Waals surface area contributed by atoms with Crippen LogP contribution >= 0.6 is 0 Å². The number of hydrogen-bond donors (Lipinski definition) is 1. The largest absolute Gasteiger partial charge is 0.381 e. The van der Waals surface area contributed by atoms with Crippen LogP contribution in [0.25, 0.3) is 0 Å². The van der Waals surface area contributed by atoms with E-state index in [0.29, 0.717) is 5.82 Å². The lowest BCUT2D eigenvalue weighted by Gasteiger charge is -2.16. The summed E-state index contributed by atoms with van der Waals surface area (Å²) in [6.07, 6.45) is 1.27. The maximum atomic E-state index is 12.2. The summed E-state index contributed by atoms with van der Waals surface area (Å²) in [5.74, 6) is -0.0318. The minimum atomic E-state index is -0.570. The van der Waals surface area contributed by atoms with Gasteiger partial charge in [0.15, 0.2) is 0 Å².